The van der Waals surface area contributed by atoms with Gasteiger partial charge in [0.1, 0.15) is 11.5 Å². The number of furan rings is 1. The predicted molar refractivity (Wildman–Crippen MR) is 120 cm³/mol. The smallest absolute Gasteiger partial charge is 0.425 e. The van der Waals surface area contributed by atoms with Crippen molar-refractivity contribution in [2.24, 2.45) is 5.41 Å². The van der Waals surface area contributed by atoms with Gasteiger partial charge in [-0.1, -0.05) is 13.8 Å². The van der Waals surface area contributed by atoms with Gasteiger partial charge in [-0.15, -0.1) is 0 Å². The maximum atomic E-state index is 14.8. The van der Waals surface area contributed by atoms with Crippen molar-refractivity contribution in [1.29, 1.82) is 0 Å². The van der Waals surface area contributed by atoms with E-state index >= 15 is 0 Å². The number of halogens is 3. The average Bonchev–Trinajstić information content (AvgIpc) is 3.40. The molecule has 1 aromatic heterocycles. The van der Waals surface area contributed by atoms with Crippen molar-refractivity contribution in [3.63, 3.8) is 0 Å². The molecule has 0 spiro atoms. The molecule has 0 fully saturated rings. The second kappa shape index (κ2) is 8.72. The van der Waals surface area contributed by atoms with Gasteiger partial charge in [0.2, 0.25) is 5.54 Å². The van der Waals surface area contributed by atoms with E-state index in [4.69, 9.17) is 13.9 Å². The molecular weight excluding hydrogens is 481 g/mol. The van der Waals surface area contributed by atoms with Crippen molar-refractivity contribution in [2.75, 3.05) is 14.2 Å². The Morgan fingerprint density at radius 3 is 2.28 bits per heavy atom. The number of nitrogens with zero attached hydrogens (tertiary/aromatic N) is 1. The molecule has 192 valence electrons. The number of nitrogens with one attached hydrogen (secondary N) is 1. The molecule has 4 rings (SSSR count). The highest BCUT2D eigenvalue weighted by molar-refractivity contribution is 6.14. The quantitative estimate of drug-likeness (QED) is 0.636. The van der Waals surface area contributed by atoms with Gasteiger partial charge < -0.3 is 24.1 Å². The van der Waals surface area contributed by atoms with E-state index in [0.717, 1.165) is 11.2 Å². The number of hydrogen-bond donors (Lipinski definition) is 1. The summed E-state index contributed by atoms with van der Waals surface area (Å²) in [4.78, 5) is 40.6. The number of ether oxygens (including phenoxy) is 2. The molecule has 2 amide bonds. The van der Waals surface area contributed by atoms with Crippen LogP contribution in [0.3, 0.4) is 0 Å². The summed E-state index contributed by atoms with van der Waals surface area (Å²) >= 11 is 0. The van der Waals surface area contributed by atoms with Crippen LogP contribution >= 0.6 is 0 Å². The second-order valence-electron chi connectivity index (χ2n) is 9.55. The van der Waals surface area contributed by atoms with Crippen LogP contribution in [-0.2, 0) is 16.1 Å². The molecule has 1 atom stereocenters. The van der Waals surface area contributed by atoms with Gasteiger partial charge in [-0.3, -0.25) is 14.4 Å². The maximum Gasteiger partial charge on any atom is 0.425 e. The number of allylic oxidation sites excluding steroid dienone is 1. The maximum absolute atomic E-state index is 14.8. The van der Waals surface area contributed by atoms with E-state index in [0.29, 0.717) is 17.1 Å². The van der Waals surface area contributed by atoms with Crippen LogP contribution in [0.25, 0.3) is 0 Å². The fourth-order valence-corrected chi connectivity index (χ4v) is 4.77. The number of alkyl halides is 3. The number of rotatable bonds is 6. The summed E-state index contributed by atoms with van der Waals surface area (Å²) in [5, 5.41) is 1.83. The zero-order valence-electron chi connectivity index (χ0n) is 20.1. The van der Waals surface area contributed by atoms with Crippen LogP contribution < -0.4 is 14.8 Å². The molecule has 0 unspecified atom stereocenters. The first-order chi connectivity index (χ1) is 16.8. The number of ketones is 1. The van der Waals surface area contributed by atoms with Gasteiger partial charge in [-0.2, -0.15) is 13.2 Å². The monoisotopic (exact) mass is 506 g/mol. The summed E-state index contributed by atoms with van der Waals surface area (Å²) in [6.07, 6.45) is -4.39. The molecule has 2 heterocycles. The fourth-order valence-electron chi connectivity index (χ4n) is 4.77. The van der Waals surface area contributed by atoms with E-state index in [9.17, 15) is 27.6 Å². The molecule has 36 heavy (non-hydrogen) atoms. The van der Waals surface area contributed by atoms with Crippen molar-refractivity contribution in [2.45, 2.75) is 44.9 Å². The Labute approximate surface area is 205 Å². The zero-order valence-corrected chi connectivity index (χ0v) is 20.1. The zero-order chi connectivity index (χ0) is 26.5. The number of carbonyl (C=O) groups excluding carboxylic acids is 3. The van der Waals surface area contributed by atoms with Gasteiger partial charge in [0.25, 0.3) is 11.8 Å². The van der Waals surface area contributed by atoms with Crippen LogP contribution in [0.15, 0.2) is 52.3 Å². The normalized spacial score (nSPS) is 21.5. The predicted octanol–water partition coefficient (Wildman–Crippen LogP) is 4.01. The van der Waals surface area contributed by atoms with Crippen LogP contribution in [0, 0.1) is 5.41 Å². The molecule has 2 aromatic rings. The van der Waals surface area contributed by atoms with Crippen LogP contribution in [0.1, 0.15) is 42.8 Å². The summed E-state index contributed by atoms with van der Waals surface area (Å²) in [5.41, 5.74) is -4.66. The van der Waals surface area contributed by atoms with E-state index in [1.54, 1.807) is 32.0 Å². The molecule has 1 aliphatic carbocycles. The summed E-state index contributed by atoms with van der Waals surface area (Å²) in [6.45, 7) is 3.17. The summed E-state index contributed by atoms with van der Waals surface area (Å²) in [5.74, 6) is -3.25. The first kappa shape index (κ1) is 25.3. The second-order valence-corrected chi connectivity index (χ2v) is 9.55. The molecular formula is C25H25F3N2O6. The van der Waals surface area contributed by atoms with Crippen LogP contribution in [0.2, 0.25) is 0 Å². The van der Waals surface area contributed by atoms with Gasteiger partial charge >= 0.3 is 6.18 Å². The molecule has 1 aromatic carbocycles. The average molecular weight is 506 g/mol. The highest BCUT2D eigenvalue weighted by atomic mass is 19.4. The minimum Gasteiger partial charge on any atom is -0.497 e. The standard InChI is InChI=1S/C25H25F3N2O6/c1-23(2)11-17-20(18(31)12-23)24(25(26,27)28,29-21(32)19-6-5-7-36-19)22(33)30(17)13-14-8-15(34-3)10-16(9-14)35-4/h5-10H,11-13H2,1-4H3,(H,29,32)/t24-/m1/s1. The Morgan fingerprint density at radius 2 is 1.75 bits per heavy atom. The van der Waals surface area contributed by atoms with Gasteiger partial charge in [0.15, 0.2) is 11.5 Å². The van der Waals surface area contributed by atoms with Gasteiger partial charge in [-0.25, -0.2) is 0 Å². The third-order valence-electron chi connectivity index (χ3n) is 6.34. The number of carbonyl (C=O) groups is 3. The summed E-state index contributed by atoms with van der Waals surface area (Å²) in [7, 11) is 2.84. The molecule has 0 saturated heterocycles. The molecule has 2 aliphatic rings. The van der Waals surface area contributed by atoms with E-state index in [1.807, 2.05) is 5.32 Å². The topological polar surface area (TPSA) is 98.1 Å². The minimum atomic E-state index is -5.31. The number of amides is 2. The lowest BCUT2D eigenvalue weighted by atomic mass is 9.72. The Hall–Kier alpha value is -3.76. The Balaban J connectivity index is 1.88. The van der Waals surface area contributed by atoms with Crippen molar-refractivity contribution in [3.05, 3.63) is 59.2 Å². The van der Waals surface area contributed by atoms with Crippen molar-refractivity contribution in [1.82, 2.24) is 10.2 Å². The first-order valence-electron chi connectivity index (χ1n) is 11.1. The molecule has 0 bridgehead atoms. The summed E-state index contributed by atoms with van der Waals surface area (Å²) in [6, 6.07) is 7.19. The number of methoxy groups -OCH3 is 2. The van der Waals surface area contributed by atoms with Gasteiger partial charge in [0.05, 0.1) is 32.6 Å². The molecule has 1 aliphatic heterocycles. The van der Waals surface area contributed by atoms with Crippen LogP contribution in [0.4, 0.5) is 13.2 Å². The lowest BCUT2D eigenvalue weighted by Gasteiger charge is -2.35. The molecule has 8 nitrogen and oxygen atoms in total. The minimum absolute atomic E-state index is 0.0232. The lowest BCUT2D eigenvalue weighted by molar-refractivity contribution is -0.191. The van der Waals surface area contributed by atoms with Gasteiger partial charge in [-0.05, 0) is 41.7 Å². The van der Waals surface area contributed by atoms with Crippen LogP contribution in [0.5, 0.6) is 11.5 Å². The third-order valence-corrected chi connectivity index (χ3v) is 6.34. The Bertz CT molecular complexity index is 1230. The lowest BCUT2D eigenvalue weighted by Crippen LogP contribution is -2.66. The van der Waals surface area contributed by atoms with E-state index in [1.165, 1.54) is 26.4 Å². The highest BCUT2D eigenvalue weighted by Crippen LogP contribution is 2.52. The number of Topliss-reactive ketones (excluding diaryl/α,β-unsaturated/α-hetero) is 1. The van der Waals surface area contributed by atoms with E-state index in [2.05, 4.69) is 0 Å². The SMILES string of the molecule is COc1cc(CN2C(=O)[C@@](NC(=O)c3ccco3)(C(F)(F)F)C3=C2CC(C)(C)CC3=O)cc(OC)c1. The molecule has 0 saturated carbocycles. The molecule has 1 N–H and O–H groups in total. The first-order valence-corrected chi connectivity index (χ1v) is 11.1. The Kier molecular flexibility index (Phi) is 6.14. The third kappa shape index (κ3) is 4.12. The van der Waals surface area contributed by atoms with Crippen molar-refractivity contribution in [3.8, 4) is 11.5 Å². The van der Waals surface area contributed by atoms with E-state index in [-0.39, 0.29) is 25.1 Å². The number of benzene rings is 1. The molecule has 11 heteroatoms. The van der Waals surface area contributed by atoms with Gasteiger partial charge in [0, 0.05) is 18.2 Å². The largest absolute Gasteiger partial charge is 0.497 e. The van der Waals surface area contributed by atoms with Crippen molar-refractivity contribution < 1.29 is 41.4 Å². The molecule has 0 radical (unpaired) electrons. The number of hydrogen-bond acceptors (Lipinski definition) is 6. The van der Waals surface area contributed by atoms with Crippen LogP contribution in [-0.4, -0.2) is 48.4 Å². The Morgan fingerprint density at radius 1 is 1.11 bits per heavy atom. The summed E-state index contributed by atoms with van der Waals surface area (Å²) < 4.78 is 59.9. The fraction of sp³-hybridized carbons (Fsp3) is 0.400. The van der Waals surface area contributed by atoms with E-state index < -0.39 is 46.1 Å². The van der Waals surface area contributed by atoms with Crippen molar-refractivity contribution >= 4 is 17.6 Å². The highest BCUT2D eigenvalue weighted by Gasteiger charge is 2.71.